The fourth-order valence-corrected chi connectivity index (χ4v) is 7.52. The van der Waals surface area contributed by atoms with Crippen LogP contribution in [0.1, 0.15) is 84.1 Å². The SMILES string of the molecule is CC#C[C@]1(O)CC[C@H]2[C@@H]3CCC4=CC(=O)CCC4=C3[C@@H](c3ccc(NC(C)C)cc3)C[C@@]21C. The number of carbonyl (C=O) groups is 1. The van der Waals surface area contributed by atoms with Crippen LogP contribution in [0.5, 0.6) is 0 Å². The summed E-state index contributed by atoms with van der Waals surface area (Å²) in [7, 11) is 0. The molecular weight excluding hydrogens is 406 g/mol. The van der Waals surface area contributed by atoms with E-state index in [9.17, 15) is 9.90 Å². The molecule has 0 amide bonds. The third kappa shape index (κ3) is 3.58. The molecule has 2 fully saturated rings. The van der Waals surface area contributed by atoms with E-state index in [4.69, 9.17) is 0 Å². The average Bonchev–Trinajstić information content (AvgIpc) is 3.03. The van der Waals surface area contributed by atoms with Gasteiger partial charge in [-0.05, 0) is 106 Å². The predicted molar refractivity (Wildman–Crippen MR) is 134 cm³/mol. The Kier molecular flexibility index (Phi) is 5.57. The highest BCUT2D eigenvalue weighted by molar-refractivity contribution is 5.93. The van der Waals surface area contributed by atoms with E-state index in [1.54, 1.807) is 5.57 Å². The monoisotopic (exact) mass is 443 g/mol. The van der Waals surface area contributed by atoms with Crippen LogP contribution >= 0.6 is 0 Å². The van der Waals surface area contributed by atoms with Gasteiger partial charge in [0, 0.05) is 29.5 Å². The number of carbonyl (C=O) groups excluding carboxylic acids is 1. The van der Waals surface area contributed by atoms with Crippen LogP contribution in [0.4, 0.5) is 5.69 Å². The number of allylic oxidation sites excluding steroid dienone is 4. The van der Waals surface area contributed by atoms with Crippen molar-refractivity contribution in [3.8, 4) is 11.8 Å². The van der Waals surface area contributed by atoms with E-state index in [0.29, 0.717) is 24.3 Å². The molecule has 3 heteroatoms. The summed E-state index contributed by atoms with van der Waals surface area (Å²) in [5.41, 5.74) is 5.64. The van der Waals surface area contributed by atoms with Crippen molar-refractivity contribution >= 4 is 11.5 Å². The van der Waals surface area contributed by atoms with Crippen LogP contribution in [-0.4, -0.2) is 22.5 Å². The fourth-order valence-electron chi connectivity index (χ4n) is 7.52. The molecule has 33 heavy (non-hydrogen) atoms. The molecule has 174 valence electrons. The molecule has 1 aromatic carbocycles. The number of rotatable bonds is 3. The molecule has 0 heterocycles. The van der Waals surface area contributed by atoms with Crippen LogP contribution in [0.25, 0.3) is 0 Å². The minimum absolute atomic E-state index is 0.226. The van der Waals surface area contributed by atoms with E-state index in [1.807, 2.05) is 13.0 Å². The Labute approximate surface area is 198 Å². The zero-order valence-electron chi connectivity index (χ0n) is 20.5. The molecule has 0 aliphatic heterocycles. The maximum absolute atomic E-state index is 12.2. The largest absolute Gasteiger partial charge is 0.383 e. The highest BCUT2D eigenvalue weighted by Crippen LogP contribution is 2.66. The highest BCUT2D eigenvalue weighted by atomic mass is 16.3. The lowest BCUT2D eigenvalue weighted by Crippen LogP contribution is -2.51. The first-order valence-electron chi connectivity index (χ1n) is 12.8. The van der Waals surface area contributed by atoms with Gasteiger partial charge >= 0.3 is 0 Å². The Morgan fingerprint density at radius 2 is 1.88 bits per heavy atom. The Morgan fingerprint density at radius 1 is 1.12 bits per heavy atom. The maximum atomic E-state index is 12.2. The number of anilines is 1. The van der Waals surface area contributed by atoms with Gasteiger partial charge in [-0.3, -0.25) is 4.79 Å². The number of hydrogen-bond donors (Lipinski definition) is 2. The smallest absolute Gasteiger partial charge is 0.156 e. The summed E-state index contributed by atoms with van der Waals surface area (Å²) >= 11 is 0. The quantitative estimate of drug-likeness (QED) is 0.550. The van der Waals surface area contributed by atoms with Crippen LogP contribution in [0.15, 0.2) is 47.1 Å². The first kappa shape index (κ1) is 22.5. The van der Waals surface area contributed by atoms with Crippen LogP contribution < -0.4 is 5.32 Å². The topological polar surface area (TPSA) is 49.3 Å². The van der Waals surface area contributed by atoms with Gasteiger partial charge in [-0.2, -0.15) is 0 Å². The lowest BCUT2D eigenvalue weighted by molar-refractivity contribution is -0.114. The lowest BCUT2D eigenvalue weighted by Gasteiger charge is -2.53. The third-order valence-electron chi connectivity index (χ3n) is 8.99. The summed E-state index contributed by atoms with van der Waals surface area (Å²) in [6.45, 7) is 8.46. The van der Waals surface area contributed by atoms with Crippen molar-refractivity contribution in [3.05, 3.63) is 52.6 Å². The van der Waals surface area contributed by atoms with E-state index in [1.165, 1.54) is 16.7 Å². The van der Waals surface area contributed by atoms with Crippen LogP contribution in [0.2, 0.25) is 0 Å². The van der Waals surface area contributed by atoms with Gasteiger partial charge < -0.3 is 10.4 Å². The Hall–Kier alpha value is -2.31. The summed E-state index contributed by atoms with van der Waals surface area (Å²) in [5, 5.41) is 15.3. The second-order valence-electron chi connectivity index (χ2n) is 11.2. The first-order valence-corrected chi connectivity index (χ1v) is 12.8. The molecule has 0 unspecified atom stereocenters. The molecule has 0 bridgehead atoms. The molecular formula is C30H37NO2. The second-order valence-corrected chi connectivity index (χ2v) is 11.2. The van der Waals surface area contributed by atoms with Gasteiger partial charge in [0.25, 0.3) is 0 Å². The Bertz CT molecular complexity index is 1080. The number of nitrogens with one attached hydrogen (secondary N) is 1. The van der Waals surface area contributed by atoms with Crippen molar-refractivity contribution in [1.29, 1.82) is 0 Å². The van der Waals surface area contributed by atoms with Gasteiger partial charge in [0.1, 0.15) is 5.60 Å². The first-order chi connectivity index (χ1) is 15.8. The number of aliphatic hydroxyl groups is 1. The van der Waals surface area contributed by atoms with Crippen LogP contribution in [0.3, 0.4) is 0 Å². The van der Waals surface area contributed by atoms with Gasteiger partial charge in [0.15, 0.2) is 5.78 Å². The summed E-state index contributed by atoms with van der Waals surface area (Å²) in [6, 6.07) is 9.33. The number of ketones is 1. The molecule has 2 N–H and O–H groups in total. The minimum atomic E-state index is -0.918. The highest BCUT2D eigenvalue weighted by Gasteiger charge is 2.62. The second kappa shape index (κ2) is 8.17. The number of hydrogen-bond acceptors (Lipinski definition) is 3. The summed E-state index contributed by atoms with van der Waals surface area (Å²) in [5.74, 6) is 7.75. The van der Waals surface area contributed by atoms with Crippen LogP contribution in [0, 0.1) is 29.1 Å². The van der Waals surface area contributed by atoms with E-state index < -0.39 is 5.60 Å². The van der Waals surface area contributed by atoms with Gasteiger partial charge in [-0.15, -0.1) is 5.92 Å². The van der Waals surface area contributed by atoms with E-state index >= 15 is 0 Å². The minimum Gasteiger partial charge on any atom is -0.383 e. The van der Waals surface area contributed by atoms with Crippen molar-refractivity contribution in [1.82, 2.24) is 0 Å². The third-order valence-corrected chi connectivity index (χ3v) is 8.99. The zero-order chi connectivity index (χ0) is 23.4. The summed E-state index contributed by atoms with van der Waals surface area (Å²) in [6.07, 6.45) is 8.21. The summed E-state index contributed by atoms with van der Waals surface area (Å²) < 4.78 is 0. The van der Waals surface area contributed by atoms with Gasteiger partial charge in [-0.25, -0.2) is 0 Å². The normalized spacial score (nSPS) is 35.3. The Balaban J connectivity index is 1.63. The average molecular weight is 444 g/mol. The molecule has 0 aromatic heterocycles. The molecule has 0 saturated heterocycles. The predicted octanol–water partition coefficient (Wildman–Crippen LogP) is 6.16. The zero-order valence-corrected chi connectivity index (χ0v) is 20.5. The number of fused-ring (bicyclic) bond motifs is 4. The van der Waals surface area contributed by atoms with Crippen molar-refractivity contribution in [3.63, 3.8) is 0 Å². The van der Waals surface area contributed by atoms with Crippen LogP contribution in [-0.2, 0) is 4.79 Å². The van der Waals surface area contributed by atoms with Gasteiger partial charge in [0.05, 0.1) is 0 Å². The number of benzene rings is 1. The molecule has 2 saturated carbocycles. The molecule has 4 aliphatic rings. The molecule has 0 spiro atoms. The maximum Gasteiger partial charge on any atom is 0.156 e. The summed E-state index contributed by atoms with van der Waals surface area (Å²) in [4.78, 5) is 12.2. The standard InChI is InChI=1S/C30H37NO2/c1-5-15-30(33)16-14-27-25-12-8-21-17-23(32)11-13-24(21)28(25)26(18-29(27,30)4)20-6-9-22(10-7-20)31-19(2)3/h6-7,9-10,17,19,25-27,31,33H,8,11-14,16,18H2,1-4H3/t25-,26+,27-,29-,30-/m0/s1. The lowest BCUT2D eigenvalue weighted by atomic mass is 9.51. The van der Waals surface area contributed by atoms with Crippen molar-refractivity contribution in [2.45, 2.75) is 90.2 Å². The van der Waals surface area contributed by atoms with E-state index in [-0.39, 0.29) is 17.1 Å². The van der Waals surface area contributed by atoms with Crippen molar-refractivity contribution in [2.24, 2.45) is 17.3 Å². The molecule has 3 nitrogen and oxygen atoms in total. The van der Waals surface area contributed by atoms with E-state index in [0.717, 1.165) is 44.2 Å². The van der Waals surface area contributed by atoms with Gasteiger partial charge in [-0.1, -0.05) is 30.6 Å². The molecule has 4 aliphatic carbocycles. The van der Waals surface area contributed by atoms with Crippen molar-refractivity contribution in [2.75, 3.05) is 5.32 Å². The van der Waals surface area contributed by atoms with Gasteiger partial charge in [0.2, 0.25) is 0 Å². The molecule has 5 rings (SSSR count). The van der Waals surface area contributed by atoms with Crippen molar-refractivity contribution < 1.29 is 9.90 Å². The molecule has 5 atom stereocenters. The Morgan fingerprint density at radius 3 is 2.58 bits per heavy atom. The fraction of sp³-hybridized carbons (Fsp3) is 0.567. The molecule has 0 radical (unpaired) electrons. The molecule has 1 aromatic rings. The van der Waals surface area contributed by atoms with E-state index in [2.05, 4.69) is 62.2 Å².